The van der Waals surface area contributed by atoms with E-state index in [1.165, 1.54) is 17.4 Å². The summed E-state index contributed by atoms with van der Waals surface area (Å²) in [5, 5.41) is 6.08. The van der Waals surface area contributed by atoms with Gasteiger partial charge in [0.2, 0.25) is 0 Å². The maximum atomic E-state index is 14.1. The highest BCUT2D eigenvalue weighted by molar-refractivity contribution is 7.90. The SMILES string of the molecule is COc1ccc(C2CC(c3ccc(CS(=O)(=O)c4c(F)cccc4F)cc3)=NN2C(=O)c2ccncc2)cc1. The van der Waals surface area contributed by atoms with Gasteiger partial charge in [0.1, 0.15) is 22.3 Å². The molecule has 198 valence electrons. The van der Waals surface area contributed by atoms with Crippen LogP contribution in [0.4, 0.5) is 8.78 Å². The molecule has 39 heavy (non-hydrogen) atoms. The van der Waals surface area contributed by atoms with Crippen molar-refractivity contribution >= 4 is 21.5 Å². The zero-order valence-electron chi connectivity index (χ0n) is 20.8. The maximum Gasteiger partial charge on any atom is 0.274 e. The minimum atomic E-state index is -4.26. The minimum absolute atomic E-state index is 0.289. The lowest BCUT2D eigenvalue weighted by molar-refractivity contribution is 0.0711. The van der Waals surface area contributed by atoms with Crippen LogP contribution in [0, 0.1) is 11.6 Å². The van der Waals surface area contributed by atoms with Gasteiger partial charge in [-0.25, -0.2) is 22.2 Å². The fraction of sp³-hybridized carbons (Fsp3) is 0.138. The first-order chi connectivity index (χ1) is 18.8. The van der Waals surface area contributed by atoms with Gasteiger partial charge in [0.05, 0.1) is 24.6 Å². The van der Waals surface area contributed by atoms with E-state index in [2.05, 4.69) is 10.1 Å². The van der Waals surface area contributed by atoms with Crippen molar-refractivity contribution in [2.24, 2.45) is 5.10 Å². The number of benzene rings is 3. The second-order valence-electron chi connectivity index (χ2n) is 8.93. The molecule has 1 aromatic heterocycles. The number of carbonyl (C=O) groups excluding carboxylic acids is 1. The molecular formula is C29H23F2N3O4S. The molecule has 3 aromatic carbocycles. The summed E-state index contributed by atoms with van der Waals surface area (Å²) >= 11 is 0. The molecule has 4 aromatic rings. The first-order valence-electron chi connectivity index (χ1n) is 12.0. The van der Waals surface area contributed by atoms with Crippen LogP contribution in [0.2, 0.25) is 0 Å². The summed E-state index contributed by atoms with van der Waals surface area (Å²) in [5.41, 5.74) is 2.99. The Hall–Kier alpha value is -4.44. The Balaban J connectivity index is 1.42. The van der Waals surface area contributed by atoms with Crippen molar-refractivity contribution in [3.8, 4) is 5.75 Å². The van der Waals surface area contributed by atoms with Gasteiger partial charge in [0, 0.05) is 24.4 Å². The highest BCUT2D eigenvalue weighted by Gasteiger charge is 2.34. The van der Waals surface area contributed by atoms with Crippen molar-refractivity contribution in [3.05, 3.63) is 125 Å². The van der Waals surface area contributed by atoms with E-state index >= 15 is 0 Å². The van der Waals surface area contributed by atoms with Crippen molar-refractivity contribution in [3.63, 3.8) is 0 Å². The number of halogens is 2. The van der Waals surface area contributed by atoms with E-state index in [1.807, 2.05) is 24.3 Å². The molecule has 0 bridgehead atoms. The smallest absolute Gasteiger partial charge is 0.274 e. The molecule has 0 aliphatic carbocycles. The Kier molecular flexibility index (Phi) is 7.21. The Morgan fingerprint density at radius 1 is 0.949 bits per heavy atom. The van der Waals surface area contributed by atoms with Crippen molar-refractivity contribution in [1.82, 2.24) is 9.99 Å². The molecule has 0 saturated heterocycles. The van der Waals surface area contributed by atoms with Crippen LogP contribution < -0.4 is 4.74 Å². The largest absolute Gasteiger partial charge is 0.497 e. The van der Waals surface area contributed by atoms with Gasteiger partial charge in [0.25, 0.3) is 5.91 Å². The lowest BCUT2D eigenvalue weighted by atomic mass is 9.97. The first-order valence-corrected chi connectivity index (χ1v) is 13.6. The number of nitrogens with zero attached hydrogens (tertiary/aromatic N) is 3. The van der Waals surface area contributed by atoms with Gasteiger partial charge in [-0.05, 0) is 53.1 Å². The average Bonchev–Trinajstić information content (AvgIpc) is 3.38. The molecule has 0 N–H and O–H groups in total. The summed E-state index contributed by atoms with van der Waals surface area (Å²) < 4.78 is 58.9. The fourth-order valence-electron chi connectivity index (χ4n) is 4.45. The summed E-state index contributed by atoms with van der Waals surface area (Å²) in [6.45, 7) is 0. The number of rotatable bonds is 7. The monoisotopic (exact) mass is 547 g/mol. The number of hydrazone groups is 1. The van der Waals surface area contributed by atoms with Gasteiger partial charge in [0.15, 0.2) is 9.84 Å². The molecule has 1 aliphatic heterocycles. The normalized spacial score (nSPS) is 15.2. The topological polar surface area (TPSA) is 88.9 Å². The molecule has 7 nitrogen and oxygen atoms in total. The third kappa shape index (κ3) is 5.42. The fourth-order valence-corrected chi connectivity index (χ4v) is 5.96. The third-order valence-corrected chi connectivity index (χ3v) is 8.15. The van der Waals surface area contributed by atoms with Crippen LogP contribution in [-0.2, 0) is 15.6 Å². The van der Waals surface area contributed by atoms with E-state index in [0.717, 1.165) is 23.8 Å². The number of methoxy groups -OCH3 is 1. The van der Waals surface area contributed by atoms with E-state index in [1.54, 1.807) is 43.5 Å². The van der Waals surface area contributed by atoms with Crippen molar-refractivity contribution in [2.45, 2.75) is 23.1 Å². The van der Waals surface area contributed by atoms with Crippen LogP contribution in [0.1, 0.15) is 39.5 Å². The van der Waals surface area contributed by atoms with E-state index in [9.17, 15) is 22.0 Å². The zero-order valence-corrected chi connectivity index (χ0v) is 21.6. The summed E-state index contributed by atoms with van der Waals surface area (Å²) in [6.07, 6.45) is 3.49. The predicted octanol–water partition coefficient (Wildman–Crippen LogP) is 5.33. The van der Waals surface area contributed by atoms with Crippen LogP contribution in [0.25, 0.3) is 0 Å². The van der Waals surface area contributed by atoms with Gasteiger partial charge in [-0.1, -0.05) is 42.5 Å². The number of amides is 1. The van der Waals surface area contributed by atoms with Crippen LogP contribution in [0.5, 0.6) is 5.75 Å². The molecule has 5 rings (SSSR count). The van der Waals surface area contributed by atoms with Crippen molar-refractivity contribution in [1.29, 1.82) is 0 Å². The highest BCUT2D eigenvalue weighted by atomic mass is 32.2. The Bertz CT molecular complexity index is 1620. The number of hydrogen-bond donors (Lipinski definition) is 0. The standard InChI is InChI=1S/C29H23F2N3O4S/c1-38-23-11-9-21(10-12-23)27-17-26(33-34(27)29(35)22-13-15-32-16-14-22)20-7-5-19(6-8-20)18-39(36,37)28-24(30)3-2-4-25(28)31/h2-16,27H,17-18H2,1H3. The second-order valence-corrected chi connectivity index (χ2v) is 10.9. The second kappa shape index (κ2) is 10.7. The molecule has 0 saturated carbocycles. The lowest BCUT2D eigenvalue weighted by Crippen LogP contribution is -2.27. The molecule has 1 aliphatic rings. The summed E-state index contributed by atoms with van der Waals surface area (Å²) in [4.78, 5) is 16.4. The van der Waals surface area contributed by atoms with E-state index in [4.69, 9.17) is 4.74 Å². The van der Waals surface area contributed by atoms with Crippen molar-refractivity contribution in [2.75, 3.05) is 7.11 Å². The molecule has 0 fully saturated rings. The quantitative estimate of drug-likeness (QED) is 0.312. The maximum absolute atomic E-state index is 14.1. The number of carbonyl (C=O) groups is 1. The summed E-state index contributed by atoms with van der Waals surface area (Å²) in [6, 6.07) is 19.7. The number of pyridine rings is 1. The number of aromatic nitrogens is 1. The minimum Gasteiger partial charge on any atom is -0.497 e. The van der Waals surface area contributed by atoms with Gasteiger partial charge < -0.3 is 4.74 Å². The van der Waals surface area contributed by atoms with E-state index in [-0.39, 0.29) is 11.9 Å². The zero-order chi connectivity index (χ0) is 27.6. The van der Waals surface area contributed by atoms with E-state index in [0.29, 0.717) is 34.6 Å². The Labute approximate surface area is 224 Å². The van der Waals surface area contributed by atoms with Crippen LogP contribution in [-0.4, -0.2) is 37.1 Å². The van der Waals surface area contributed by atoms with Crippen molar-refractivity contribution < 1.29 is 26.7 Å². The molecule has 1 amide bonds. The molecule has 0 spiro atoms. The van der Waals surface area contributed by atoms with Gasteiger partial charge >= 0.3 is 0 Å². The number of hydrogen-bond acceptors (Lipinski definition) is 6. The third-order valence-electron chi connectivity index (χ3n) is 6.42. The molecule has 2 heterocycles. The van der Waals surface area contributed by atoms with Gasteiger partial charge in [-0.3, -0.25) is 9.78 Å². The summed E-state index contributed by atoms with van der Waals surface area (Å²) in [5.74, 6) is -2.43. The van der Waals surface area contributed by atoms with Gasteiger partial charge in [-0.2, -0.15) is 5.10 Å². The number of ether oxygens (including phenoxy) is 1. The molecule has 1 atom stereocenters. The molecule has 0 radical (unpaired) electrons. The first kappa shape index (κ1) is 26.2. The predicted molar refractivity (Wildman–Crippen MR) is 141 cm³/mol. The molecule has 10 heteroatoms. The van der Waals surface area contributed by atoms with Gasteiger partial charge in [-0.15, -0.1) is 0 Å². The highest BCUT2D eigenvalue weighted by Crippen LogP contribution is 2.35. The number of sulfone groups is 1. The summed E-state index contributed by atoms with van der Waals surface area (Å²) in [7, 11) is -2.68. The van der Waals surface area contributed by atoms with Crippen LogP contribution in [0.15, 0.2) is 101 Å². The lowest BCUT2D eigenvalue weighted by Gasteiger charge is -2.22. The Morgan fingerprint density at radius 2 is 1.59 bits per heavy atom. The van der Waals surface area contributed by atoms with E-state index < -0.39 is 32.1 Å². The van der Waals surface area contributed by atoms with Crippen LogP contribution >= 0.6 is 0 Å². The molecular weight excluding hydrogens is 524 g/mol. The molecule has 1 unspecified atom stereocenters. The Morgan fingerprint density at radius 3 is 2.21 bits per heavy atom. The van der Waals surface area contributed by atoms with Crippen LogP contribution in [0.3, 0.4) is 0 Å². The average molecular weight is 548 g/mol.